The topological polar surface area (TPSA) is 28.7 Å². The van der Waals surface area contributed by atoms with Crippen LogP contribution < -0.4 is 0 Å². The highest BCUT2D eigenvalue weighted by molar-refractivity contribution is 5.87. The molecule has 51 heavy (non-hydrogen) atoms. The van der Waals surface area contributed by atoms with Crippen LogP contribution in [0.15, 0.2) is 96.2 Å². The summed E-state index contributed by atoms with van der Waals surface area (Å²) in [5.41, 5.74) is 16.5. The van der Waals surface area contributed by atoms with Gasteiger partial charge in [0.2, 0.25) is 0 Å². The van der Waals surface area contributed by atoms with E-state index in [4.69, 9.17) is 0 Å². The molecule has 0 bridgehead atoms. The smallest absolute Gasteiger partial charge is 0.0663 e. The van der Waals surface area contributed by atoms with E-state index in [2.05, 4.69) is 103 Å². The van der Waals surface area contributed by atoms with Crippen molar-refractivity contribution in [2.45, 2.75) is 128 Å². The normalized spacial score (nSPS) is 25.2. The fourth-order valence-corrected chi connectivity index (χ4v) is 10.2. The number of allylic oxidation sites excluding steroid dienone is 15. The Bertz CT molecular complexity index is 1910. The third-order valence-electron chi connectivity index (χ3n) is 12.9. The molecule has 1 saturated carbocycles. The number of benzene rings is 1. The predicted molar refractivity (Wildman–Crippen MR) is 215 cm³/mol. The van der Waals surface area contributed by atoms with Gasteiger partial charge in [-0.15, -0.1) is 0 Å². The second-order valence-electron chi connectivity index (χ2n) is 16.1. The maximum atomic E-state index is 9.24. The van der Waals surface area contributed by atoms with Crippen LogP contribution in [0.4, 0.5) is 0 Å². The number of aromatic nitrogens is 1. The Morgan fingerprint density at radius 2 is 1.75 bits per heavy atom. The molecule has 0 spiro atoms. The van der Waals surface area contributed by atoms with Gasteiger partial charge >= 0.3 is 0 Å². The van der Waals surface area contributed by atoms with E-state index >= 15 is 0 Å². The number of rotatable bonds is 8. The van der Waals surface area contributed by atoms with E-state index in [-0.39, 0.29) is 0 Å². The molecule has 0 amide bonds. The lowest BCUT2D eigenvalue weighted by Gasteiger charge is -2.32. The van der Waals surface area contributed by atoms with E-state index < -0.39 is 0 Å². The zero-order valence-electron chi connectivity index (χ0n) is 30.9. The summed E-state index contributed by atoms with van der Waals surface area (Å²) in [7, 11) is 0. The van der Waals surface area contributed by atoms with E-state index in [1.54, 1.807) is 28.1 Å². The van der Waals surface area contributed by atoms with Crippen molar-refractivity contribution in [3.8, 4) is 6.07 Å². The zero-order chi connectivity index (χ0) is 34.6. The minimum absolute atomic E-state index is 0.455. The summed E-state index contributed by atoms with van der Waals surface area (Å²) in [6.07, 6.45) is 48.6. The Balaban J connectivity index is 1.22. The summed E-state index contributed by atoms with van der Waals surface area (Å²) in [4.78, 5) is 0. The highest BCUT2D eigenvalue weighted by Gasteiger charge is 2.31. The van der Waals surface area contributed by atoms with Crippen LogP contribution >= 0.6 is 0 Å². The van der Waals surface area contributed by atoms with Crippen LogP contribution in [0.1, 0.15) is 148 Å². The molecule has 3 atom stereocenters. The molecule has 1 aromatic heterocycles. The first-order chi connectivity index (χ1) is 25.2. The van der Waals surface area contributed by atoms with Crippen molar-refractivity contribution in [2.75, 3.05) is 0 Å². The SMILES string of the molecule is C/C=C(\C=C/CC#N)C1=CC(n2c3c(c4c2CCCC4)C=C(c2cc(C4C=CC=CC4)cc(C4CCCCC4)c2)CC3)=CC(C2CC=CCC2)C1. The summed E-state index contributed by atoms with van der Waals surface area (Å²) >= 11 is 0. The van der Waals surface area contributed by atoms with Gasteiger partial charge in [-0.2, -0.15) is 5.26 Å². The molecule has 0 radical (unpaired) electrons. The number of hydrogen-bond acceptors (Lipinski definition) is 1. The molecule has 2 heteroatoms. The van der Waals surface area contributed by atoms with Gasteiger partial charge < -0.3 is 4.57 Å². The lowest BCUT2D eigenvalue weighted by Crippen LogP contribution is -2.20. The molecule has 6 aliphatic rings. The third-order valence-corrected chi connectivity index (χ3v) is 12.9. The molecule has 3 unspecified atom stereocenters. The Morgan fingerprint density at radius 3 is 2.55 bits per heavy atom. The molecule has 0 N–H and O–H groups in total. The van der Waals surface area contributed by atoms with Crippen LogP contribution in [0.2, 0.25) is 0 Å². The highest BCUT2D eigenvalue weighted by Crippen LogP contribution is 2.45. The molecule has 1 aromatic carbocycles. The molecular formula is C49H56N2. The van der Waals surface area contributed by atoms with Gasteiger partial charge in [-0.1, -0.05) is 98.2 Å². The third kappa shape index (κ3) is 7.20. The minimum atomic E-state index is 0.455. The van der Waals surface area contributed by atoms with Crippen LogP contribution in [0.25, 0.3) is 17.3 Å². The minimum Gasteiger partial charge on any atom is -0.317 e. The second-order valence-corrected chi connectivity index (χ2v) is 16.1. The Kier molecular flexibility index (Phi) is 10.4. The van der Waals surface area contributed by atoms with Crippen molar-refractivity contribution in [2.24, 2.45) is 11.8 Å². The van der Waals surface area contributed by atoms with Gasteiger partial charge in [-0.05, 0) is 165 Å². The molecule has 1 fully saturated rings. The van der Waals surface area contributed by atoms with Crippen molar-refractivity contribution >= 4 is 17.3 Å². The first kappa shape index (κ1) is 34.0. The molecule has 1 heterocycles. The van der Waals surface area contributed by atoms with Crippen LogP contribution in [0.5, 0.6) is 0 Å². The van der Waals surface area contributed by atoms with Gasteiger partial charge in [0, 0.05) is 23.0 Å². The van der Waals surface area contributed by atoms with Gasteiger partial charge in [-0.25, -0.2) is 0 Å². The number of fused-ring (bicyclic) bond motifs is 3. The average Bonchev–Trinajstić information content (AvgIpc) is 3.54. The molecular weight excluding hydrogens is 617 g/mol. The van der Waals surface area contributed by atoms with Gasteiger partial charge in [0.05, 0.1) is 12.5 Å². The molecule has 6 aliphatic carbocycles. The summed E-state index contributed by atoms with van der Waals surface area (Å²) in [5.74, 6) is 2.40. The van der Waals surface area contributed by atoms with E-state index in [9.17, 15) is 5.26 Å². The zero-order valence-corrected chi connectivity index (χ0v) is 30.9. The second kappa shape index (κ2) is 15.7. The van der Waals surface area contributed by atoms with Crippen molar-refractivity contribution in [1.29, 1.82) is 5.26 Å². The van der Waals surface area contributed by atoms with Gasteiger partial charge in [0.15, 0.2) is 0 Å². The monoisotopic (exact) mass is 672 g/mol. The van der Waals surface area contributed by atoms with Crippen LogP contribution in [0.3, 0.4) is 0 Å². The first-order valence-corrected chi connectivity index (χ1v) is 20.4. The standard InChI is InChI=1S/C49H56N2/c1-2-35(16-14-15-27-50)43-31-44(38-21-10-5-11-22-38)33-45(32-43)51-48-24-13-12-23-46(48)47-34-39(25-26-49(47)51)42-29-40(36-17-6-3-7-18-36)28-41(30-42)37-19-8-4-9-20-37/h2-3,5-7,10,14,16-17,28-30,32-34,36-38,44H,4,8-9,11-13,15,18-26,31H2,1H3/b16-14-,35-2+. The number of hydrogen-bond donors (Lipinski definition) is 0. The Morgan fingerprint density at radius 1 is 0.863 bits per heavy atom. The van der Waals surface area contributed by atoms with Gasteiger partial charge in [-0.3, -0.25) is 0 Å². The van der Waals surface area contributed by atoms with Crippen LogP contribution in [-0.4, -0.2) is 4.57 Å². The Labute approximate surface area is 307 Å². The number of nitrogens with zero attached hydrogens (tertiary/aromatic N) is 2. The van der Waals surface area contributed by atoms with E-state index in [0.29, 0.717) is 30.1 Å². The fraction of sp³-hybridized carbons (Fsp3) is 0.449. The van der Waals surface area contributed by atoms with E-state index in [0.717, 1.165) is 25.7 Å². The predicted octanol–water partition coefficient (Wildman–Crippen LogP) is 13.1. The van der Waals surface area contributed by atoms with Crippen molar-refractivity contribution in [1.82, 2.24) is 4.57 Å². The first-order valence-electron chi connectivity index (χ1n) is 20.4. The number of nitriles is 1. The maximum absolute atomic E-state index is 9.24. The fourth-order valence-electron chi connectivity index (χ4n) is 10.2. The summed E-state index contributed by atoms with van der Waals surface area (Å²) < 4.78 is 2.75. The molecule has 2 aromatic rings. The van der Waals surface area contributed by atoms with E-state index in [1.165, 1.54) is 111 Å². The molecule has 0 saturated heterocycles. The summed E-state index contributed by atoms with van der Waals surface area (Å²) in [6, 6.07) is 10.0. The van der Waals surface area contributed by atoms with Gasteiger partial charge in [0.1, 0.15) is 0 Å². The van der Waals surface area contributed by atoms with E-state index in [1.807, 2.05) is 6.08 Å². The van der Waals surface area contributed by atoms with Gasteiger partial charge in [0.25, 0.3) is 0 Å². The lowest BCUT2D eigenvalue weighted by molar-refractivity contribution is 0.361. The quantitative estimate of drug-likeness (QED) is 0.203. The summed E-state index contributed by atoms with van der Waals surface area (Å²) in [5, 5.41) is 9.24. The molecule has 2 nitrogen and oxygen atoms in total. The maximum Gasteiger partial charge on any atom is 0.0663 e. The van der Waals surface area contributed by atoms with Crippen LogP contribution in [-0.2, 0) is 19.3 Å². The summed E-state index contributed by atoms with van der Waals surface area (Å²) in [6.45, 7) is 2.16. The lowest BCUT2D eigenvalue weighted by atomic mass is 9.76. The largest absolute Gasteiger partial charge is 0.317 e. The Hall–Kier alpha value is -4.09. The average molecular weight is 673 g/mol. The molecule has 8 rings (SSSR count). The highest BCUT2D eigenvalue weighted by atomic mass is 15.0. The molecule has 0 aliphatic heterocycles. The van der Waals surface area contributed by atoms with Crippen molar-refractivity contribution < 1.29 is 0 Å². The van der Waals surface area contributed by atoms with Crippen molar-refractivity contribution in [3.63, 3.8) is 0 Å². The van der Waals surface area contributed by atoms with Crippen molar-refractivity contribution in [3.05, 3.63) is 135 Å². The van der Waals surface area contributed by atoms with Crippen LogP contribution in [0, 0.1) is 23.2 Å². The molecule has 262 valence electrons.